The maximum Gasteiger partial charge on any atom is 0.0702 e. The van der Waals surface area contributed by atoms with Crippen molar-refractivity contribution in [2.24, 2.45) is 4.99 Å². The number of benzene rings is 2. The molecule has 20 heavy (non-hydrogen) atoms. The molecule has 0 spiro atoms. The van der Waals surface area contributed by atoms with Crippen LogP contribution in [-0.2, 0) is 0 Å². The Hall–Kier alpha value is -2.74. The number of aromatic nitrogens is 1. The number of nitrogens with zero attached hydrogens (tertiary/aromatic N) is 2. The molecule has 96 valence electrons. The zero-order valence-corrected chi connectivity index (χ0v) is 11.0. The molecule has 1 heterocycles. The van der Waals surface area contributed by atoms with Gasteiger partial charge in [-0.2, -0.15) is 0 Å². The second kappa shape index (κ2) is 5.93. The SMILES string of the molecule is C(=Nc1ccccc1)c1cccc(-c2ccccn2)c1. The summed E-state index contributed by atoms with van der Waals surface area (Å²) in [5.41, 5.74) is 4.10. The Bertz CT molecular complexity index is 704. The Morgan fingerprint density at radius 1 is 0.800 bits per heavy atom. The quantitative estimate of drug-likeness (QED) is 0.635. The minimum Gasteiger partial charge on any atom is -0.256 e. The van der Waals surface area contributed by atoms with E-state index in [2.05, 4.69) is 22.1 Å². The second-order valence-corrected chi connectivity index (χ2v) is 4.43. The zero-order chi connectivity index (χ0) is 13.6. The molecule has 0 unspecified atom stereocenters. The lowest BCUT2D eigenvalue weighted by Crippen LogP contribution is -1.85. The van der Waals surface area contributed by atoms with E-state index in [0.29, 0.717) is 0 Å². The lowest BCUT2D eigenvalue weighted by atomic mass is 10.1. The first-order valence-corrected chi connectivity index (χ1v) is 6.52. The Balaban J connectivity index is 1.87. The van der Waals surface area contributed by atoms with Crippen LogP contribution in [0.3, 0.4) is 0 Å². The molecular weight excluding hydrogens is 244 g/mol. The summed E-state index contributed by atoms with van der Waals surface area (Å²) < 4.78 is 0. The maximum atomic E-state index is 4.47. The minimum absolute atomic E-state index is 0.954. The van der Waals surface area contributed by atoms with Crippen molar-refractivity contribution >= 4 is 11.9 Å². The summed E-state index contributed by atoms with van der Waals surface area (Å²) in [7, 11) is 0. The molecule has 3 aromatic rings. The van der Waals surface area contributed by atoms with Crippen LogP contribution in [0.4, 0.5) is 5.69 Å². The van der Waals surface area contributed by atoms with E-state index >= 15 is 0 Å². The summed E-state index contributed by atoms with van der Waals surface area (Å²) >= 11 is 0. The van der Waals surface area contributed by atoms with Crippen molar-refractivity contribution < 1.29 is 0 Å². The average Bonchev–Trinajstić information content (AvgIpc) is 2.55. The van der Waals surface area contributed by atoms with Gasteiger partial charge in [0.05, 0.1) is 11.4 Å². The molecule has 0 saturated carbocycles. The lowest BCUT2D eigenvalue weighted by Gasteiger charge is -2.01. The van der Waals surface area contributed by atoms with Gasteiger partial charge in [-0.15, -0.1) is 0 Å². The van der Waals surface area contributed by atoms with Crippen LogP contribution in [-0.4, -0.2) is 11.2 Å². The molecule has 0 amide bonds. The summed E-state index contributed by atoms with van der Waals surface area (Å²) in [5, 5.41) is 0. The molecule has 0 N–H and O–H groups in total. The molecule has 0 saturated heterocycles. The molecule has 0 bridgehead atoms. The van der Waals surface area contributed by atoms with Crippen molar-refractivity contribution in [3.63, 3.8) is 0 Å². The van der Waals surface area contributed by atoms with Crippen LogP contribution in [0.1, 0.15) is 5.56 Å². The van der Waals surface area contributed by atoms with Crippen molar-refractivity contribution in [3.05, 3.63) is 84.6 Å². The fraction of sp³-hybridized carbons (Fsp3) is 0. The Labute approximate surface area is 118 Å². The first-order chi connectivity index (χ1) is 9.92. The van der Waals surface area contributed by atoms with E-state index in [0.717, 1.165) is 22.5 Å². The van der Waals surface area contributed by atoms with E-state index in [1.165, 1.54) is 0 Å². The molecule has 2 heteroatoms. The van der Waals surface area contributed by atoms with Crippen molar-refractivity contribution in [3.8, 4) is 11.3 Å². The third kappa shape index (κ3) is 2.98. The fourth-order valence-corrected chi connectivity index (χ4v) is 1.97. The zero-order valence-electron chi connectivity index (χ0n) is 11.0. The molecule has 0 aliphatic heterocycles. The molecule has 0 radical (unpaired) electrons. The number of aliphatic imine (C=N–C) groups is 1. The summed E-state index contributed by atoms with van der Waals surface area (Å²) in [4.78, 5) is 8.83. The highest BCUT2D eigenvalue weighted by molar-refractivity contribution is 5.84. The summed E-state index contributed by atoms with van der Waals surface area (Å²) in [6.07, 6.45) is 3.68. The van der Waals surface area contributed by atoms with Crippen LogP contribution in [0.25, 0.3) is 11.3 Å². The van der Waals surface area contributed by atoms with Crippen LogP contribution in [0, 0.1) is 0 Å². The van der Waals surface area contributed by atoms with Crippen LogP contribution in [0.15, 0.2) is 84.0 Å². The largest absolute Gasteiger partial charge is 0.256 e. The number of para-hydroxylation sites is 1. The monoisotopic (exact) mass is 258 g/mol. The van der Waals surface area contributed by atoms with Gasteiger partial charge in [-0.3, -0.25) is 9.98 Å². The van der Waals surface area contributed by atoms with Gasteiger partial charge in [-0.25, -0.2) is 0 Å². The molecule has 0 fully saturated rings. The Morgan fingerprint density at radius 2 is 1.65 bits per heavy atom. The van der Waals surface area contributed by atoms with Gasteiger partial charge in [0.1, 0.15) is 0 Å². The molecular formula is C18H14N2. The molecule has 0 aliphatic rings. The van der Waals surface area contributed by atoms with Crippen LogP contribution in [0.5, 0.6) is 0 Å². The molecule has 1 aromatic heterocycles. The fourth-order valence-electron chi connectivity index (χ4n) is 1.97. The normalized spacial score (nSPS) is 10.8. The lowest BCUT2D eigenvalue weighted by molar-refractivity contribution is 1.33. The maximum absolute atomic E-state index is 4.47. The topological polar surface area (TPSA) is 25.2 Å². The first-order valence-electron chi connectivity index (χ1n) is 6.52. The molecule has 2 nitrogen and oxygen atoms in total. The van der Waals surface area contributed by atoms with E-state index in [1.54, 1.807) is 6.20 Å². The number of pyridine rings is 1. The number of rotatable bonds is 3. The van der Waals surface area contributed by atoms with Crippen molar-refractivity contribution in [1.82, 2.24) is 4.98 Å². The minimum atomic E-state index is 0.954. The van der Waals surface area contributed by atoms with Gasteiger partial charge in [0.2, 0.25) is 0 Å². The molecule has 3 rings (SSSR count). The number of hydrogen-bond donors (Lipinski definition) is 0. The molecule has 2 aromatic carbocycles. The summed E-state index contributed by atoms with van der Waals surface area (Å²) in [6.45, 7) is 0. The van der Waals surface area contributed by atoms with Gasteiger partial charge in [-0.05, 0) is 35.9 Å². The van der Waals surface area contributed by atoms with E-state index in [-0.39, 0.29) is 0 Å². The van der Waals surface area contributed by atoms with Gasteiger partial charge >= 0.3 is 0 Å². The third-order valence-electron chi connectivity index (χ3n) is 2.97. The smallest absolute Gasteiger partial charge is 0.0702 e. The predicted octanol–water partition coefficient (Wildman–Crippen LogP) is 4.50. The van der Waals surface area contributed by atoms with Gasteiger partial charge in [0, 0.05) is 18.0 Å². The Kier molecular flexibility index (Phi) is 3.65. The predicted molar refractivity (Wildman–Crippen MR) is 83.4 cm³/mol. The van der Waals surface area contributed by atoms with Gasteiger partial charge in [0.15, 0.2) is 0 Å². The highest BCUT2D eigenvalue weighted by Crippen LogP contribution is 2.17. The van der Waals surface area contributed by atoms with Crippen LogP contribution >= 0.6 is 0 Å². The van der Waals surface area contributed by atoms with Crippen LogP contribution < -0.4 is 0 Å². The van der Waals surface area contributed by atoms with Gasteiger partial charge in [-0.1, -0.05) is 42.5 Å². The first kappa shape index (κ1) is 12.3. The van der Waals surface area contributed by atoms with E-state index in [9.17, 15) is 0 Å². The highest BCUT2D eigenvalue weighted by atomic mass is 14.7. The van der Waals surface area contributed by atoms with Crippen molar-refractivity contribution in [1.29, 1.82) is 0 Å². The standard InChI is InChI=1S/C18H14N2/c1-2-9-17(10-3-1)20-14-15-7-6-8-16(13-15)18-11-4-5-12-19-18/h1-14H. The Morgan fingerprint density at radius 3 is 2.45 bits per heavy atom. The van der Waals surface area contributed by atoms with Crippen molar-refractivity contribution in [2.75, 3.05) is 0 Å². The molecule has 0 atom stereocenters. The highest BCUT2D eigenvalue weighted by Gasteiger charge is 1.98. The average molecular weight is 258 g/mol. The summed E-state index contributed by atoms with van der Waals surface area (Å²) in [6, 6.07) is 24.1. The van der Waals surface area contributed by atoms with Gasteiger partial charge in [0.25, 0.3) is 0 Å². The van der Waals surface area contributed by atoms with E-state index in [1.807, 2.05) is 66.9 Å². The molecule has 0 aliphatic carbocycles. The summed E-state index contributed by atoms with van der Waals surface area (Å²) in [5.74, 6) is 0. The second-order valence-electron chi connectivity index (χ2n) is 4.43. The number of hydrogen-bond acceptors (Lipinski definition) is 2. The van der Waals surface area contributed by atoms with Gasteiger partial charge < -0.3 is 0 Å². The third-order valence-corrected chi connectivity index (χ3v) is 2.97. The van der Waals surface area contributed by atoms with Crippen molar-refractivity contribution in [2.45, 2.75) is 0 Å². The van der Waals surface area contributed by atoms with E-state index in [4.69, 9.17) is 0 Å². The van der Waals surface area contributed by atoms with E-state index < -0.39 is 0 Å². The van der Waals surface area contributed by atoms with Crippen LogP contribution in [0.2, 0.25) is 0 Å².